The van der Waals surface area contributed by atoms with Crippen molar-refractivity contribution < 1.29 is 18.8 Å². The minimum Gasteiger partial charge on any atom is -0.454 e. The Labute approximate surface area is 141 Å². The Hall–Kier alpha value is -2.22. The Bertz CT molecular complexity index is 687. The summed E-state index contributed by atoms with van der Waals surface area (Å²) in [5.41, 5.74) is 0.452. The van der Waals surface area contributed by atoms with Crippen molar-refractivity contribution in [3.05, 3.63) is 46.0 Å². The highest BCUT2D eigenvalue weighted by Gasteiger charge is 2.11. The number of aromatic nitrogens is 2. The first kappa shape index (κ1) is 17.1. The van der Waals surface area contributed by atoms with Gasteiger partial charge >= 0.3 is 5.97 Å². The van der Waals surface area contributed by atoms with Gasteiger partial charge < -0.3 is 14.6 Å². The van der Waals surface area contributed by atoms with E-state index in [4.69, 9.17) is 9.26 Å². The molecule has 0 aliphatic carbocycles. The van der Waals surface area contributed by atoms with Crippen LogP contribution >= 0.6 is 15.9 Å². The molecule has 0 spiro atoms. The summed E-state index contributed by atoms with van der Waals surface area (Å²) in [6.07, 6.45) is 1.61. The first-order valence-corrected chi connectivity index (χ1v) is 7.88. The van der Waals surface area contributed by atoms with E-state index in [9.17, 15) is 9.59 Å². The molecule has 0 atom stereocenters. The average molecular weight is 382 g/mol. The van der Waals surface area contributed by atoms with Crippen molar-refractivity contribution in [3.8, 4) is 0 Å². The van der Waals surface area contributed by atoms with Crippen LogP contribution in [-0.2, 0) is 22.6 Å². The maximum atomic E-state index is 11.9. The molecule has 122 valence electrons. The van der Waals surface area contributed by atoms with Crippen LogP contribution in [0, 0.1) is 0 Å². The number of ether oxygens (including phenoxy) is 1. The topological polar surface area (TPSA) is 94.3 Å². The molecular formula is C15H16BrN3O4. The van der Waals surface area contributed by atoms with Crippen molar-refractivity contribution in [3.63, 3.8) is 0 Å². The van der Waals surface area contributed by atoms with Crippen molar-refractivity contribution in [1.82, 2.24) is 15.5 Å². The predicted octanol–water partition coefficient (Wildman–Crippen LogP) is 2.26. The van der Waals surface area contributed by atoms with Gasteiger partial charge in [0.15, 0.2) is 12.4 Å². The third kappa shape index (κ3) is 5.48. The molecule has 0 radical (unpaired) electrons. The van der Waals surface area contributed by atoms with Gasteiger partial charge in [-0.3, -0.25) is 9.59 Å². The molecule has 23 heavy (non-hydrogen) atoms. The number of rotatable bonds is 7. The molecule has 0 fully saturated rings. The summed E-state index contributed by atoms with van der Waals surface area (Å²) in [7, 11) is 0. The number of carbonyl (C=O) groups excluding carboxylic acids is 2. The van der Waals surface area contributed by atoms with Gasteiger partial charge in [0.2, 0.25) is 0 Å². The lowest BCUT2D eigenvalue weighted by Crippen LogP contribution is -2.30. The summed E-state index contributed by atoms with van der Waals surface area (Å²) in [4.78, 5) is 27.6. The molecule has 1 amide bonds. The maximum Gasteiger partial charge on any atom is 0.325 e. The number of esters is 1. The van der Waals surface area contributed by atoms with E-state index in [-0.39, 0.29) is 24.9 Å². The predicted molar refractivity (Wildman–Crippen MR) is 84.6 cm³/mol. The summed E-state index contributed by atoms with van der Waals surface area (Å²) in [5, 5.41) is 6.24. The monoisotopic (exact) mass is 381 g/mol. The molecule has 0 bridgehead atoms. The minimum atomic E-state index is -0.580. The molecule has 0 saturated heterocycles. The van der Waals surface area contributed by atoms with Crippen LogP contribution in [0.1, 0.15) is 35.4 Å². The summed E-state index contributed by atoms with van der Waals surface area (Å²) < 4.78 is 10.7. The van der Waals surface area contributed by atoms with E-state index in [1.165, 1.54) is 0 Å². The first-order valence-electron chi connectivity index (χ1n) is 7.09. The fourth-order valence-electron chi connectivity index (χ4n) is 1.75. The van der Waals surface area contributed by atoms with E-state index in [2.05, 4.69) is 31.4 Å². The van der Waals surface area contributed by atoms with Gasteiger partial charge in [-0.15, -0.1) is 0 Å². The number of amides is 1. The lowest BCUT2D eigenvalue weighted by Gasteiger charge is -2.05. The highest BCUT2D eigenvalue weighted by Crippen LogP contribution is 2.11. The third-order valence-electron chi connectivity index (χ3n) is 2.82. The molecule has 2 aromatic rings. The Morgan fingerprint density at radius 2 is 2.22 bits per heavy atom. The molecule has 0 unspecified atom stereocenters. The van der Waals surface area contributed by atoms with Crippen LogP contribution in [0.3, 0.4) is 0 Å². The number of nitrogens with zero attached hydrogens (tertiary/aromatic N) is 2. The van der Waals surface area contributed by atoms with Crippen LogP contribution in [0.15, 0.2) is 33.3 Å². The van der Waals surface area contributed by atoms with E-state index in [1.54, 1.807) is 18.2 Å². The highest BCUT2D eigenvalue weighted by molar-refractivity contribution is 9.10. The average Bonchev–Trinajstić information content (AvgIpc) is 2.98. The van der Waals surface area contributed by atoms with E-state index >= 15 is 0 Å². The SMILES string of the molecule is CCCc1noc(COC(=O)CNC(=O)c2cccc(Br)c2)n1. The Kier molecular flexibility index (Phi) is 6.28. The van der Waals surface area contributed by atoms with Crippen molar-refractivity contribution in [2.45, 2.75) is 26.4 Å². The molecule has 0 saturated carbocycles. The number of benzene rings is 1. The van der Waals surface area contributed by atoms with Gasteiger partial charge in [0, 0.05) is 16.5 Å². The minimum absolute atomic E-state index is 0.109. The zero-order chi connectivity index (χ0) is 16.7. The summed E-state index contributed by atoms with van der Waals surface area (Å²) in [6.45, 7) is 1.66. The highest BCUT2D eigenvalue weighted by atomic mass is 79.9. The van der Waals surface area contributed by atoms with Gasteiger partial charge in [0.25, 0.3) is 11.8 Å². The number of aryl methyl sites for hydroxylation is 1. The van der Waals surface area contributed by atoms with Gasteiger partial charge in [-0.25, -0.2) is 0 Å². The summed E-state index contributed by atoms with van der Waals surface area (Å²) in [5.74, 6) is -0.114. The number of nitrogens with one attached hydrogen (secondary N) is 1. The maximum absolute atomic E-state index is 11.9. The van der Waals surface area contributed by atoms with Crippen LogP contribution in [0.25, 0.3) is 0 Å². The zero-order valence-corrected chi connectivity index (χ0v) is 14.1. The van der Waals surface area contributed by atoms with Crippen LogP contribution in [0.2, 0.25) is 0 Å². The molecule has 0 aliphatic heterocycles. The van der Waals surface area contributed by atoms with E-state index in [0.29, 0.717) is 17.8 Å². The van der Waals surface area contributed by atoms with Gasteiger partial charge in [0.05, 0.1) is 0 Å². The molecule has 1 aromatic heterocycles. The Morgan fingerprint density at radius 3 is 2.96 bits per heavy atom. The lowest BCUT2D eigenvalue weighted by molar-refractivity contribution is -0.144. The molecule has 2 rings (SSSR count). The van der Waals surface area contributed by atoms with Crippen LogP contribution in [-0.4, -0.2) is 28.6 Å². The summed E-state index contributed by atoms with van der Waals surface area (Å²) >= 11 is 3.28. The molecule has 7 nitrogen and oxygen atoms in total. The second-order valence-electron chi connectivity index (χ2n) is 4.71. The first-order chi connectivity index (χ1) is 11.1. The Morgan fingerprint density at radius 1 is 1.39 bits per heavy atom. The van der Waals surface area contributed by atoms with E-state index in [0.717, 1.165) is 10.9 Å². The standard InChI is InChI=1S/C15H16BrN3O4/c1-2-4-12-18-13(23-19-12)9-22-14(20)8-17-15(21)10-5-3-6-11(16)7-10/h3,5-7H,2,4,8-9H2,1H3,(H,17,21). The molecule has 8 heteroatoms. The smallest absolute Gasteiger partial charge is 0.325 e. The second kappa shape index (κ2) is 8.42. The fourth-order valence-corrected chi connectivity index (χ4v) is 2.15. The molecule has 1 aromatic carbocycles. The summed E-state index contributed by atoms with van der Waals surface area (Å²) in [6, 6.07) is 6.86. The normalized spacial score (nSPS) is 10.3. The van der Waals surface area contributed by atoms with Crippen molar-refractivity contribution >= 4 is 27.8 Å². The zero-order valence-electron chi connectivity index (χ0n) is 12.5. The number of hydrogen-bond acceptors (Lipinski definition) is 6. The van der Waals surface area contributed by atoms with Crippen LogP contribution in [0.5, 0.6) is 0 Å². The largest absolute Gasteiger partial charge is 0.454 e. The van der Waals surface area contributed by atoms with Crippen molar-refractivity contribution in [2.24, 2.45) is 0 Å². The molecule has 1 N–H and O–H groups in total. The number of hydrogen-bond donors (Lipinski definition) is 1. The van der Waals surface area contributed by atoms with Crippen LogP contribution in [0.4, 0.5) is 0 Å². The second-order valence-corrected chi connectivity index (χ2v) is 5.62. The van der Waals surface area contributed by atoms with E-state index < -0.39 is 5.97 Å². The van der Waals surface area contributed by atoms with Crippen molar-refractivity contribution in [1.29, 1.82) is 0 Å². The Balaban J connectivity index is 1.75. The van der Waals surface area contributed by atoms with E-state index in [1.807, 2.05) is 13.0 Å². The van der Waals surface area contributed by atoms with Crippen LogP contribution < -0.4 is 5.32 Å². The van der Waals surface area contributed by atoms with Gasteiger partial charge in [-0.1, -0.05) is 34.1 Å². The number of halogens is 1. The van der Waals surface area contributed by atoms with Crippen molar-refractivity contribution in [2.75, 3.05) is 6.54 Å². The van der Waals surface area contributed by atoms with Gasteiger partial charge in [-0.2, -0.15) is 4.98 Å². The molecule has 0 aliphatic rings. The quantitative estimate of drug-likeness (QED) is 0.739. The fraction of sp³-hybridized carbons (Fsp3) is 0.333. The number of carbonyl (C=O) groups is 2. The van der Waals surface area contributed by atoms with Gasteiger partial charge in [-0.05, 0) is 24.6 Å². The molecular weight excluding hydrogens is 366 g/mol. The third-order valence-corrected chi connectivity index (χ3v) is 3.31. The molecule has 1 heterocycles. The lowest BCUT2D eigenvalue weighted by atomic mass is 10.2. The van der Waals surface area contributed by atoms with Gasteiger partial charge in [0.1, 0.15) is 6.54 Å².